The summed E-state index contributed by atoms with van der Waals surface area (Å²) in [5.41, 5.74) is 0. The second-order valence-corrected chi connectivity index (χ2v) is 5.74. The van der Waals surface area contributed by atoms with Gasteiger partial charge in [-0.25, -0.2) is 4.79 Å². The summed E-state index contributed by atoms with van der Waals surface area (Å²) in [5, 5.41) is 13.6. The lowest BCUT2D eigenvalue weighted by Gasteiger charge is -2.26. The molecule has 0 bridgehead atoms. The molecule has 0 saturated heterocycles. The van der Waals surface area contributed by atoms with Crippen molar-refractivity contribution in [3.8, 4) is 0 Å². The second-order valence-electron chi connectivity index (χ2n) is 4.76. The lowest BCUT2D eigenvalue weighted by atomic mass is 9.84. The van der Waals surface area contributed by atoms with Crippen molar-refractivity contribution in [3.63, 3.8) is 0 Å². The van der Waals surface area contributed by atoms with Crippen LogP contribution in [0.25, 0.3) is 0 Å². The molecule has 1 aliphatic rings. The van der Waals surface area contributed by atoms with E-state index < -0.39 is 6.09 Å². The van der Waals surface area contributed by atoms with Gasteiger partial charge in [-0.3, -0.25) is 0 Å². The molecule has 3 nitrogen and oxygen atoms in total. The van der Waals surface area contributed by atoms with E-state index in [-0.39, 0.29) is 6.04 Å². The minimum atomic E-state index is -0.917. The van der Waals surface area contributed by atoms with Crippen LogP contribution < -0.4 is 5.32 Å². The van der Waals surface area contributed by atoms with E-state index in [2.05, 4.69) is 5.32 Å². The third-order valence-electron chi connectivity index (χ3n) is 3.48. The third kappa shape index (κ3) is 3.73. The highest BCUT2D eigenvalue weighted by Gasteiger charge is 2.22. The van der Waals surface area contributed by atoms with Gasteiger partial charge in [0.25, 0.3) is 0 Å². The Labute approximate surface area is 106 Å². The van der Waals surface area contributed by atoms with Crippen LogP contribution in [-0.4, -0.2) is 11.2 Å². The summed E-state index contributed by atoms with van der Waals surface area (Å²) < 4.78 is 0. The number of hydrogen-bond donors (Lipinski definition) is 2. The Morgan fingerprint density at radius 1 is 1.47 bits per heavy atom. The molecular weight excluding hydrogens is 234 g/mol. The largest absolute Gasteiger partial charge is 0.465 e. The standard InChI is InChI=1S/C13H19NO2S/c15-13(16)14-11(12-7-4-8-17-12)9-10-5-2-1-3-6-10/h4,7-8,10-11,14H,1-3,5-6,9H2,(H,15,16). The van der Waals surface area contributed by atoms with Gasteiger partial charge < -0.3 is 10.4 Å². The zero-order valence-electron chi connectivity index (χ0n) is 9.89. The normalized spacial score (nSPS) is 18.8. The fourth-order valence-corrected chi connectivity index (χ4v) is 3.43. The van der Waals surface area contributed by atoms with Crippen LogP contribution in [0.2, 0.25) is 0 Å². The van der Waals surface area contributed by atoms with Crippen LogP contribution in [-0.2, 0) is 0 Å². The third-order valence-corrected chi connectivity index (χ3v) is 4.46. The Kier molecular flexibility index (Phi) is 4.42. The highest BCUT2D eigenvalue weighted by Crippen LogP contribution is 2.33. The van der Waals surface area contributed by atoms with Crippen molar-refractivity contribution in [2.75, 3.05) is 0 Å². The molecule has 1 heterocycles. The van der Waals surface area contributed by atoms with Crippen LogP contribution in [0, 0.1) is 5.92 Å². The van der Waals surface area contributed by atoms with Gasteiger partial charge in [0.05, 0.1) is 6.04 Å². The number of carboxylic acid groups (broad SMARTS) is 1. The number of carbonyl (C=O) groups is 1. The second kappa shape index (κ2) is 6.05. The maximum absolute atomic E-state index is 10.8. The summed E-state index contributed by atoms with van der Waals surface area (Å²) in [5.74, 6) is 0.683. The summed E-state index contributed by atoms with van der Waals surface area (Å²) >= 11 is 1.64. The average Bonchev–Trinajstić information content (AvgIpc) is 2.82. The van der Waals surface area contributed by atoms with E-state index in [1.165, 1.54) is 32.1 Å². The fourth-order valence-electron chi connectivity index (χ4n) is 2.64. The van der Waals surface area contributed by atoms with E-state index in [9.17, 15) is 4.79 Å². The molecule has 0 aromatic carbocycles. The van der Waals surface area contributed by atoms with Crippen LogP contribution in [0.5, 0.6) is 0 Å². The fraction of sp³-hybridized carbons (Fsp3) is 0.615. The quantitative estimate of drug-likeness (QED) is 0.851. The molecule has 4 heteroatoms. The van der Waals surface area contributed by atoms with Crippen LogP contribution >= 0.6 is 11.3 Å². The van der Waals surface area contributed by atoms with Gasteiger partial charge in [0.2, 0.25) is 0 Å². The monoisotopic (exact) mass is 253 g/mol. The summed E-state index contributed by atoms with van der Waals surface area (Å²) in [7, 11) is 0. The summed E-state index contributed by atoms with van der Waals surface area (Å²) in [6.45, 7) is 0. The van der Waals surface area contributed by atoms with Crippen LogP contribution in [0.3, 0.4) is 0 Å². The minimum Gasteiger partial charge on any atom is -0.465 e. The number of amides is 1. The van der Waals surface area contributed by atoms with Gasteiger partial charge in [-0.1, -0.05) is 38.2 Å². The Balaban J connectivity index is 1.97. The van der Waals surface area contributed by atoms with Crippen molar-refractivity contribution in [1.82, 2.24) is 5.32 Å². The molecule has 1 aliphatic carbocycles. The lowest BCUT2D eigenvalue weighted by Crippen LogP contribution is -2.28. The number of hydrogen-bond acceptors (Lipinski definition) is 2. The molecule has 1 saturated carbocycles. The molecule has 1 aromatic rings. The van der Waals surface area contributed by atoms with Crippen molar-refractivity contribution in [2.24, 2.45) is 5.92 Å². The highest BCUT2D eigenvalue weighted by molar-refractivity contribution is 7.10. The summed E-state index contributed by atoms with van der Waals surface area (Å²) in [4.78, 5) is 12.0. The van der Waals surface area contributed by atoms with Gasteiger partial charge in [-0.05, 0) is 23.8 Å². The smallest absolute Gasteiger partial charge is 0.405 e. The molecule has 94 valence electrons. The molecule has 0 radical (unpaired) electrons. The van der Waals surface area contributed by atoms with E-state index in [0.717, 1.165) is 11.3 Å². The maximum Gasteiger partial charge on any atom is 0.405 e. The first-order chi connectivity index (χ1) is 8.25. The van der Waals surface area contributed by atoms with Gasteiger partial charge in [0.15, 0.2) is 0 Å². The zero-order chi connectivity index (χ0) is 12.1. The molecule has 1 atom stereocenters. The Bertz CT molecular complexity index is 344. The van der Waals surface area contributed by atoms with Gasteiger partial charge in [0.1, 0.15) is 0 Å². The zero-order valence-corrected chi connectivity index (χ0v) is 10.7. The van der Waals surface area contributed by atoms with Gasteiger partial charge >= 0.3 is 6.09 Å². The minimum absolute atomic E-state index is 0.0180. The first-order valence-corrected chi connectivity index (χ1v) is 7.16. The molecular formula is C13H19NO2S. The molecule has 0 spiro atoms. The summed E-state index contributed by atoms with van der Waals surface area (Å²) in [6, 6.07) is 3.99. The molecule has 2 N–H and O–H groups in total. The number of thiophene rings is 1. The first kappa shape index (κ1) is 12.4. The van der Waals surface area contributed by atoms with E-state index >= 15 is 0 Å². The van der Waals surface area contributed by atoms with Crippen molar-refractivity contribution < 1.29 is 9.90 Å². The molecule has 1 amide bonds. The van der Waals surface area contributed by atoms with Gasteiger partial charge in [-0.2, -0.15) is 0 Å². The van der Waals surface area contributed by atoms with E-state index in [1.807, 2.05) is 17.5 Å². The van der Waals surface area contributed by atoms with Crippen LogP contribution in [0.15, 0.2) is 17.5 Å². The lowest BCUT2D eigenvalue weighted by molar-refractivity contribution is 0.186. The maximum atomic E-state index is 10.8. The van der Waals surface area contributed by atoms with Crippen molar-refractivity contribution in [2.45, 2.75) is 44.6 Å². The molecule has 1 fully saturated rings. The summed E-state index contributed by atoms with van der Waals surface area (Å²) in [6.07, 6.45) is 6.48. The topological polar surface area (TPSA) is 49.3 Å². The number of rotatable bonds is 4. The predicted molar refractivity (Wildman–Crippen MR) is 69.4 cm³/mol. The Morgan fingerprint density at radius 2 is 2.24 bits per heavy atom. The van der Waals surface area contributed by atoms with E-state index in [1.54, 1.807) is 11.3 Å². The molecule has 0 aliphatic heterocycles. The van der Waals surface area contributed by atoms with E-state index in [4.69, 9.17) is 5.11 Å². The average molecular weight is 253 g/mol. The molecule has 1 unspecified atom stereocenters. The van der Waals surface area contributed by atoms with Crippen molar-refractivity contribution >= 4 is 17.4 Å². The first-order valence-electron chi connectivity index (χ1n) is 6.28. The van der Waals surface area contributed by atoms with Crippen molar-refractivity contribution in [1.29, 1.82) is 0 Å². The predicted octanol–water partition coefficient (Wildman–Crippen LogP) is 4.03. The SMILES string of the molecule is O=C(O)NC(CC1CCCCC1)c1cccs1. The van der Waals surface area contributed by atoms with Gasteiger partial charge in [-0.15, -0.1) is 11.3 Å². The molecule has 1 aromatic heterocycles. The molecule has 2 rings (SSSR count). The van der Waals surface area contributed by atoms with E-state index in [0.29, 0.717) is 5.92 Å². The van der Waals surface area contributed by atoms with Gasteiger partial charge in [0, 0.05) is 4.88 Å². The number of nitrogens with one attached hydrogen (secondary N) is 1. The Hall–Kier alpha value is -1.03. The van der Waals surface area contributed by atoms with Crippen LogP contribution in [0.4, 0.5) is 4.79 Å². The Morgan fingerprint density at radius 3 is 2.82 bits per heavy atom. The molecule has 17 heavy (non-hydrogen) atoms. The van der Waals surface area contributed by atoms with Crippen molar-refractivity contribution in [3.05, 3.63) is 22.4 Å². The highest BCUT2D eigenvalue weighted by atomic mass is 32.1. The van der Waals surface area contributed by atoms with Crippen LogP contribution in [0.1, 0.15) is 49.4 Å².